The van der Waals surface area contributed by atoms with Crippen LogP contribution in [0.2, 0.25) is 0 Å². The van der Waals surface area contributed by atoms with Crippen LogP contribution >= 0.6 is 0 Å². The maximum Gasteiger partial charge on any atom is 0.282 e. The number of nitrogens with zero attached hydrogens (tertiary/aromatic N) is 2. The molecule has 1 amide bonds. The Morgan fingerprint density at radius 2 is 1.96 bits per heavy atom. The van der Waals surface area contributed by atoms with Crippen molar-refractivity contribution >= 4 is 17.8 Å². The third-order valence-corrected chi connectivity index (χ3v) is 4.07. The molecule has 1 fully saturated rings. The number of nitro benzene ring substituents is 1. The van der Waals surface area contributed by atoms with Gasteiger partial charge in [-0.25, -0.2) is 5.43 Å². The summed E-state index contributed by atoms with van der Waals surface area (Å²) in [4.78, 5) is 22.6. The number of hydrogen-bond donors (Lipinski definition) is 1. The number of carbonyl (C=O) groups is 1. The topological polar surface area (TPSA) is 103 Å². The molecule has 0 atom stereocenters. The van der Waals surface area contributed by atoms with Crippen molar-refractivity contribution in [1.29, 1.82) is 0 Å². The number of nitrogens with one attached hydrogen (secondary N) is 1. The number of amides is 1. The Morgan fingerprint density at radius 3 is 2.65 bits per heavy atom. The van der Waals surface area contributed by atoms with Crippen LogP contribution in [0.5, 0.6) is 11.5 Å². The SMILES string of the molecule is O=C(N/N=C/c1cc2c(cc1[N+](=O)[O-])OCO2)C1CCCCC1. The van der Waals surface area contributed by atoms with Crippen LogP contribution in [0, 0.1) is 16.0 Å². The summed E-state index contributed by atoms with van der Waals surface area (Å²) in [5.41, 5.74) is 2.58. The first kappa shape index (κ1) is 15.3. The maximum atomic E-state index is 12.0. The number of rotatable bonds is 4. The van der Waals surface area contributed by atoms with E-state index in [1.165, 1.54) is 18.3 Å². The lowest BCUT2D eigenvalue weighted by Gasteiger charge is -2.19. The van der Waals surface area contributed by atoms with Crippen molar-refractivity contribution < 1.29 is 19.2 Å². The molecule has 1 aliphatic carbocycles. The van der Waals surface area contributed by atoms with E-state index in [0.29, 0.717) is 11.5 Å². The summed E-state index contributed by atoms with van der Waals surface area (Å²) < 4.78 is 10.3. The van der Waals surface area contributed by atoms with Crippen molar-refractivity contribution in [3.63, 3.8) is 0 Å². The molecule has 8 nitrogen and oxygen atoms in total. The second-order valence-electron chi connectivity index (χ2n) is 5.59. The first-order valence-corrected chi connectivity index (χ1v) is 7.56. The van der Waals surface area contributed by atoms with E-state index in [1.807, 2.05) is 0 Å². The van der Waals surface area contributed by atoms with E-state index in [1.54, 1.807) is 0 Å². The van der Waals surface area contributed by atoms with Gasteiger partial charge in [-0.2, -0.15) is 5.10 Å². The molecule has 1 aliphatic heterocycles. The van der Waals surface area contributed by atoms with Gasteiger partial charge in [-0.05, 0) is 18.9 Å². The molecule has 3 rings (SSSR count). The zero-order chi connectivity index (χ0) is 16.2. The molecule has 1 saturated carbocycles. The lowest BCUT2D eigenvalue weighted by Crippen LogP contribution is -2.28. The number of benzene rings is 1. The molecular weight excluding hydrogens is 302 g/mol. The number of ether oxygens (including phenoxy) is 2. The van der Waals surface area contributed by atoms with Crippen LogP contribution in [0.4, 0.5) is 5.69 Å². The quantitative estimate of drug-likeness (QED) is 0.521. The predicted octanol–water partition coefficient (Wildman–Crippen LogP) is 2.35. The number of nitro groups is 1. The molecule has 23 heavy (non-hydrogen) atoms. The lowest BCUT2D eigenvalue weighted by molar-refractivity contribution is -0.385. The van der Waals surface area contributed by atoms with E-state index < -0.39 is 4.92 Å². The van der Waals surface area contributed by atoms with Crippen molar-refractivity contribution in [2.75, 3.05) is 6.79 Å². The molecule has 2 aliphatic rings. The fraction of sp³-hybridized carbons (Fsp3) is 0.467. The van der Waals surface area contributed by atoms with Gasteiger partial charge in [-0.3, -0.25) is 14.9 Å². The van der Waals surface area contributed by atoms with Crippen LogP contribution in [-0.2, 0) is 4.79 Å². The van der Waals surface area contributed by atoms with Crippen LogP contribution in [0.1, 0.15) is 37.7 Å². The molecule has 0 aromatic heterocycles. The molecule has 8 heteroatoms. The van der Waals surface area contributed by atoms with Gasteiger partial charge in [-0.15, -0.1) is 0 Å². The average molecular weight is 319 g/mol. The van der Waals surface area contributed by atoms with Crippen LogP contribution < -0.4 is 14.9 Å². The highest BCUT2D eigenvalue weighted by Crippen LogP contribution is 2.37. The molecule has 0 bridgehead atoms. The highest BCUT2D eigenvalue weighted by Gasteiger charge is 2.23. The van der Waals surface area contributed by atoms with Crippen molar-refractivity contribution in [1.82, 2.24) is 5.43 Å². The fourth-order valence-electron chi connectivity index (χ4n) is 2.83. The summed E-state index contributed by atoms with van der Waals surface area (Å²) in [6, 6.07) is 2.78. The van der Waals surface area contributed by atoms with Crippen LogP contribution in [-0.4, -0.2) is 23.8 Å². The minimum absolute atomic E-state index is 0.0207. The maximum absolute atomic E-state index is 12.0. The first-order chi connectivity index (χ1) is 11.1. The number of hydrogen-bond acceptors (Lipinski definition) is 6. The summed E-state index contributed by atoms with van der Waals surface area (Å²) in [6.07, 6.45) is 6.26. The molecule has 0 saturated heterocycles. The van der Waals surface area contributed by atoms with Crippen molar-refractivity contribution in [2.24, 2.45) is 11.0 Å². The van der Waals surface area contributed by atoms with Gasteiger partial charge in [0.05, 0.1) is 22.8 Å². The molecule has 0 unspecified atom stereocenters. The third-order valence-electron chi connectivity index (χ3n) is 4.07. The van der Waals surface area contributed by atoms with Gasteiger partial charge in [0.15, 0.2) is 11.5 Å². The van der Waals surface area contributed by atoms with E-state index >= 15 is 0 Å². The Hall–Kier alpha value is -2.64. The lowest BCUT2D eigenvalue weighted by atomic mass is 9.89. The summed E-state index contributed by atoms with van der Waals surface area (Å²) in [7, 11) is 0. The highest BCUT2D eigenvalue weighted by atomic mass is 16.7. The fourth-order valence-corrected chi connectivity index (χ4v) is 2.83. The average Bonchev–Trinajstić information content (AvgIpc) is 3.02. The van der Waals surface area contributed by atoms with Crippen molar-refractivity contribution in [3.05, 3.63) is 27.8 Å². The number of hydrazone groups is 1. The van der Waals surface area contributed by atoms with E-state index in [-0.39, 0.29) is 29.9 Å². The largest absolute Gasteiger partial charge is 0.454 e. The molecule has 1 aromatic rings. The molecule has 0 radical (unpaired) electrons. The zero-order valence-corrected chi connectivity index (χ0v) is 12.5. The smallest absolute Gasteiger partial charge is 0.282 e. The molecule has 122 valence electrons. The minimum Gasteiger partial charge on any atom is -0.454 e. The summed E-state index contributed by atoms with van der Waals surface area (Å²) in [5.74, 6) is 0.604. The molecule has 0 spiro atoms. The zero-order valence-electron chi connectivity index (χ0n) is 12.5. The number of fused-ring (bicyclic) bond motifs is 1. The molecule has 1 heterocycles. The normalized spacial score (nSPS) is 17.4. The third kappa shape index (κ3) is 3.41. The Labute approximate surface area is 132 Å². The standard InChI is InChI=1S/C15H17N3O5/c19-15(10-4-2-1-3-5-10)17-16-8-11-6-13-14(23-9-22-13)7-12(11)18(20)21/h6-8,10H,1-5,9H2,(H,17,19)/b16-8+. The second kappa shape index (κ2) is 6.64. The van der Waals surface area contributed by atoms with Gasteiger partial charge in [0.1, 0.15) is 0 Å². The van der Waals surface area contributed by atoms with Gasteiger partial charge in [-0.1, -0.05) is 19.3 Å². The first-order valence-electron chi connectivity index (χ1n) is 7.56. The van der Waals surface area contributed by atoms with Crippen LogP contribution in [0.15, 0.2) is 17.2 Å². The van der Waals surface area contributed by atoms with Gasteiger partial charge in [0, 0.05) is 5.92 Å². The summed E-state index contributed by atoms with van der Waals surface area (Å²) in [5, 5.41) is 15.0. The molecule has 1 aromatic carbocycles. The van der Waals surface area contributed by atoms with Gasteiger partial charge < -0.3 is 9.47 Å². The van der Waals surface area contributed by atoms with Crippen molar-refractivity contribution in [2.45, 2.75) is 32.1 Å². The van der Waals surface area contributed by atoms with E-state index in [9.17, 15) is 14.9 Å². The Balaban J connectivity index is 1.71. The Morgan fingerprint density at radius 1 is 1.26 bits per heavy atom. The van der Waals surface area contributed by atoms with E-state index in [4.69, 9.17) is 9.47 Å². The molecular formula is C15H17N3O5. The monoisotopic (exact) mass is 319 g/mol. The van der Waals surface area contributed by atoms with Crippen molar-refractivity contribution in [3.8, 4) is 11.5 Å². The van der Waals surface area contributed by atoms with Gasteiger partial charge in [0.2, 0.25) is 12.7 Å². The summed E-state index contributed by atoms with van der Waals surface area (Å²) >= 11 is 0. The second-order valence-corrected chi connectivity index (χ2v) is 5.59. The van der Waals surface area contributed by atoms with Crippen LogP contribution in [0.3, 0.4) is 0 Å². The Kier molecular flexibility index (Phi) is 4.40. The Bertz CT molecular complexity index is 653. The van der Waals surface area contributed by atoms with Gasteiger partial charge >= 0.3 is 0 Å². The predicted molar refractivity (Wildman–Crippen MR) is 81.5 cm³/mol. The van der Waals surface area contributed by atoms with Gasteiger partial charge in [0.25, 0.3) is 5.69 Å². The highest BCUT2D eigenvalue weighted by molar-refractivity contribution is 5.88. The minimum atomic E-state index is -0.522. The van der Waals surface area contributed by atoms with Crippen LogP contribution in [0.25, 0.3) is 0 Å². The summed E-state index contributed by atoms with van der Waals surface area (Å²) in [6.45, 7) is 0.0332. The van der Waals surface area contributed by atoms with E-state index in [0.717, 1.165) is 32.1 Å². The molecule has 1 N–H and O–H groups in total. The number of carbonyl (C=O) groups excluding carboxylic acids is 1. The van der Waals surface area contributed by atoms with E-state index in [2.05, 4.69) is 10.5 Å².